The molecule has 0 fully saturated rings. The summed E-state index contributed by atoms with van der Waals surface area (Å²) in [6.45, 7) is 3.82. The summed E-state index contributed by atoms with van der Waals surface area (Å²) in [6.07, 6.45) is 0. The van der Waals surface area contributed by atoms with Crippen LogP contribution in [0, 0.1) is 13.8 Å². The Labute approximate surface area is 98.8 Å². The van der Waals surface area contributed by atoms with Crippen molar-refractivity contribution in [3.63, 3.8) is 0 Å². The molecular weight excluding hydrogens is 220 g/mol. The summed E-state index contributed by atoms with van der Waals surface area (Å²) < 4.78 is 9.98. The molecular formula is C12H14N2O3. The average Bonchev–Trinajstić information content (AvgIpc) is 2.71. The number of ether oxygens (including phenoxy) is 1. The van der Waals surface area contributed by atoms with E-state index in [-0.39, 0.29) is 11.6 Å². The van der Waals surface area contributed by atoms with Gasteiger partial charge in [0.15, 0.2) is 11.5 Å². The number of nitrogens with zero attached hydrogens (tertiary/aromatic N) is 1. The van der Waals surface area contributed by atoms with E-state index in [1.54, 1.807) is 6.07 Å². The predicted molar refractivity (Wildman–Crippen MR) is 64.0 cm³/mol. The van der Waals surface area contributed by atoms with Crippen molar-refractivity contribution in [1.82, 2.24) is 5.16 Å². The number of aryl methyl sites for hydroxylation is 1. The second-order valence-corrected chi connectivity index (χ2v) is 3.86. The number of hydrogen-bond acceptors (Lipinski definition) is 5. The van der Waals surface area contributed by atoms with Crippen LogP contribution in [0.4, 0.5) is 5.88 Å². The molecule has 0 amide bonds. The molecule has 0 aliphatic heterocycles. The molecule has 5 heteroatoms. The topological polar surface area (TPSA) is 81.5 Å². The summed E-state index contributed by atoms with van der Waals surface area (Å²) in [5.74, 6) is 0.696. The first kappa shape index (κ1) is 11.3. The monoisotopic (exact) mass is 234 g/mol. The van der Waals surface area contributed by atoms with Crippen LogP contribution >= 0.6 is 0 Å². The molecule has 3 N–H and O–H groups in total. The quantitative estimate of drug-likeness (QED) is 0.832. The molecule has 90 valence electrons. The summed E-state index contributed by atoms with van der Waals surface area (Å²) >= 11 is 0. The lowest BCUT2D eigenvalue weighted by Gasteiger charge is -2.12. The van der Waals surface area contributed by atoms with Crippen molar-refractivity contribution in [3.8, 4) is 22.8 Å². The van der Waals surface area contributed by atoms with Gasteiger partial charge >= 0.3 is 0 Å². The van der Waals surface area contributed by atoms with Crippen LogP contribution in [-0.2, 0) is 0 Å². The third-order valence-electron chi connectivity index (χ3n) is 2.77. The highest BCUT2D eigenvalue weighted by Crippen LogP contribution is 2.40. The van der Waals surface area contributed by atoms with Crippen molar-refractivity contribution >= 4 is 5.88 Å². The van der Waals surface area contributed by atoms with E-state index in [0.29, 0.717) is 17.0 Å². The van der Waals surface area contributed by atoms with Gasteiger partial charge in [0.05, 0.1) is 7.11 Å². The largest absolute Gasteiger partial charge is 0.504 e. The zero-order chi connectivity index (χ0) is 12.6. The fourth-order valence-corrected chi connectivity index (χ4v) is 1.73. The highest BCUT2D eigenvalue weighted by molar-refractivity contribution is 5.74. The highest BCUT2D eigenvalue weighted by Gasteiger charge is 2.17. The minimum atomic E-state index is 0.0453. The molecule has 17 heavy (non-hydrogen) atoms. The van der Waals surface area contributed by atoms with E-state index in [2.05, 4.69) is 5.16 Å². The molecule has 1 heterocycles. The first-order chi connectivity index (χ1) is 8.04. The lowest BCUT2D eigenvalue weighted by molar-refractivity contribution is 0.371. The molecule has 0 unspecified atom stereocenters. The molecule has 0 saturated carbocycles. The number of anilines is 1. The van der Waals surface area contributed by atoms with Crippen molar-refractivity contribution in [2.45, 2.75) is 13.8 Å². The third-order valence-corrected chi connectivity index (χ3v) is 2.77. The molecule has 5 nitrogen and oxygen atoms in total. The van der Waals surface area contributed by atoms with Crippen LogP contribution in [0.25, 0.3) is 11.3 Å². The number of phenolic OH excluding ortho intramolecular Hbond substituents is 1. The van der Waals surface area contributed by atoms with Crippen LogP contribution in [0.3, 0.4) is 0 Å². The van der Waals surface area contributed by atoms with Gasteiger partial charge in [0.2, 0.25) is 5.88 Å². The van der Waals surface area contributed by atoms with Crippen LogP contribution in [0.5, 0.6) is 11.5 Å². The van der Waals surface area contributed by atoms with Gasteiger partial charge < -0.3 is 20.1 Å². The van der Waals surface area contributed by atoms with E-state index in [0.717, 1.165) is 11.1 Å². The zero-order valence-corrected chi connectivity index (χ0v) is 9.94. The summed E-state index contributed by atoms with van der Waals surface area (Å²) in [6, 6.07) is 3.38. The minimum absolute atomic E-state index is 0.0453. The fourth-order valence-electron chi connectivity index (χ4n) is 1.73. The number of hydrogen-bond donors (Lipinski definition) is 2. The fraction of sp³-hybridized carbons (Fsp3) is 0.250. The van der Waals surface area contributed by atoms with Crippen LogP contribution in [0.15, 0.2) is 16.7 Å². The van der Waals surface area contributed by atoms with Gasteiger partial charge in [0, 0.05) is 11.6 Å². The lowest BCUT2D eigenvalue weighted by Crippen LogP contribution is -1.93. The maximum Gasteiger partial charge on any atom is 0.222 e. The van der Waals surface area contributed by atoms with Crippen molar-refractivity contribution < 1.29 is 14.4 Å². The molecule has 0 aliphatic carbocycles. The number of aromatic hydroxyl groups is 1. The molecule has 0 radical (unpaired) electrons. The number of methoxy groups -OCH3 is 1. The average molecular weight is 234 g/mol. The lowest BCUT2D eigenvalue weighted by atomic mass is 10.0. The summed E-state index contributed by atoms with van der Waals surface area (Å²) in [5, 5.41) is 13.9. The van der Waals surface area contributed by atoms with E-state index in [1.807, 2.05) is 19.9 Å². The SMILES string of the molecule is COc1c(C)c(C)cc(-c2cc(N)on2)c1O. The minimum Gasteiger partial charge on any atom is -0.504 e. The molecule has 0 bridgehead atoms. The van der Waals surface area contributed by atoms with E-state index >= 15 is 0 Å². The Balaban J connectivity index is 2.67. The molecule has 2 rings (SSSR count). The van der Waals surface area contributed by atoms with Gasteiger partial charge in [-0.2, -0.15) is 0 Å². The Hall–Kier alpha value is -2.17. The Morgan fingerprint density at radius 3 is 2.59 bits per heavy atom. The molecule has 2 aromatic rings. The maximum absolute atomic E-state index is 10.1. The normalized spacial score (nSPS) is 10.5. The standard InChI is InChI=1S/C12H14N2O3/c1-6-4-8(9-5-10(13)17-14-9)11(15)12(16-3)7(6)2/h4-5,15H,13H2,1-3H3. The number of phenols is 1. The Bertz CT molecular complexity index is 561. The first-order valence-corrected chi connectivity index (χ1v) is 5.14. The summed E-state index contributed by atoms with van der Waals surface area (Å²) in [5.41, 5.74) is 8.39. The van der Waals surface area contributed by atoms with Crippen molar-refractivity contribution in [3.05, 3.63) is 23.3 Å². The molecule has 0 atom stereocenters. The van der Waals surface area contributed by atoms with Gasteiger partial charge in [-0.1, -0.05) is 5.16 Å². The maximum atomic E-state index is 10.1. The van der Waals surface area contributed by atoms with Gasteiger partial charge in [-0.15, -0.1) is 0 Å². The Kier molecular flexibility index (Phi) is 2.67. The van der Waals surface area contributed by atoms with Crippen molar-refractivity contribution in [2.24, 2.45) is 0 Å². The summed E-state index contributed by atoms with van der Waals surface area (Å²) in [7, 11) is 1.52. The number of rotatable bonds is 2. The van der Waals surface area contributed by atoms with Gasteiger partial charge in [-0.05, 0) is 31.0 Å². The zero-order valence-electron chi connectivity index (χ0n) is 9.94. The number of benzene rings is 1. The van der Waals surface area contributed by atoms with Gasteiger partial charge in [-0.25, -0.2) is 0 Å². The second-order valence-electron chi connectivity index (χ2n) is 3.86. The van der Waals surface area contributed by atoms with Crippen LogP contribution in [0.2, 0.25) is 0 Å². The van der Waals surface area contributed by atoms with Gasteiger partial charge in [0.25, 0.3) is 0 Å². The Morgan fingerprint density at radius 1 is 1.35 bits per heavy atom. The Morgan fingerprint density at radius 2 is 2.06 bits per heavy atom. The summed E-state index contributed by atoms with van der Waals surface area (Å²) in [4.78, 5) is 0. The number of aromatic nitrogens is 1. The van der Waals surface area contributed by atoms with Crippen LogP contribution in [0.1, 0.15) is 11.1 Å². The van der Waals surface area contributed by atoms with Crippen molar-refractivity contribution in [2.75, 3.05) is 12.8 Å². The number of nitrogens with two attached hydrogens (primary N) is 1. The van der Waals surface area contributed by atoms with Gasteiger partial charge in [-0.3, -0.25) is 0 Å². The smallest absolute Gasteiger partial charge is 0.222 e. The predicted octanol–water partition coefficient (Wildman–Crippen LogP) is 2.25. The molecule has 0 spiro atoms. The molecule has 0 aliphatic rings. The molecule has 0 saturated heterocycles. The van der Waals surface area contributed by atoms with Crippen LogP contribution in [-0.4, -0.2) is 17.4 Å². The number of nitrogen functional groups attached to an aromatic ring is 1. The highest BCUT2D eigenvalue weighted by atomic mass is 16.5. The van der Waals surface area contributed by atoms with Crippen molar-refractivity contribution in [1.29, 1.82) is 0 Å². The van der Waals surface area contributed by atoms with Gasteiger partial charge in [0.1, 0.15) is 5.69 Å². The molecule has 1 aromatic heterocycles. The van der Waals surface area contributed by atoms with E-state index in [4.69, 9.17) is 15.0 Å². The van der Waals surface area contributed by atoms with E-state index in [9.17, 15) is 5.11 Å². The van der Waals surface area contributed by atoms with E-state index < -0.39 is 0 Å². The first-order valence-electron chi connectivity index (χ1n) is 5.14. The third kappa shape index (κ3) is 1.80. The van der Waals surface area contributed by atoms with E-state index in [1.165, 1.54) is 7.11 Å². The van der Waals surface area contributed by atoms with Crippen LogP contribution < -0.4 is 10.5 Å². The molecule has 1 aromatic carbocycles. The second kappa shape index (κ2) is 4.01.